The molecule has 0 aliphatic heterocycles. The summed E-state index contributed by atoms with van der Waals surface area (Å²) < 4.78 is 88.1. The second kappa shape index (κ2) is 10.9. The summed E-state index contributed by atoms with van der Waals surface area (Å²) in [7, 11) is -0.594. The van der Waals surface area contributed by atoms with Gasteiger partial charge in [-0.2, -0.15) is 21.6 Å². The standard InChI is InChI=1S/C26H21F3N2O8S/c1-35-19-10-15(11-20(36-2)24(19)37-3)21-17-8-7-16(39-40(33,34)26(27,28)29)12-18(17)22(14-6-5-9-30-13-14)31-23(21)25(32)38-4/h5-13H,1-4H3. The van der Waals surface area contributed by atoms with Crippen molar-refractivity contribution in [3.63, 3.8) is 0 Å². The number of pyridine rings is 2. The molecule has 4 rings (SSSR count). The summed E-state index contributed by atoms with van der Waals surface area (Å²) in [6.07, 6.45) is 2.91. The minimum Gasteiger partial charge on any atom is -0.493 e. The molecule has 4 aromatic rings. The molecule has 210 valence electrons. The highest BCUT2D eigenvalue weighted by atomic mass is 32.2. The van der Waals surface area contributed by atoms with E-state index >= 15 is 0 Å². The molecule has 2 aromatic carbocycles. The Balaban J connectivity index is 2.12. The summed E-state index contributed by atoms with van der Waals surface area (Å²) in [6, 6.07) is 9.71. The lowest BCUT2D eigenvalue weighted by atomic mass is 9.93. The van der Waals surface area contributed by atoms with Crippen LogP contribution >= 0.6 is 0 Å². The first-order chi connectivity index (χ1) is 18.9. The summed E-state index contributed by atoms with van der Waals surface area (Å²) in [5.74, 6) is -0.693. The van der Waals surface area contributed by atoms with Gasteiger partial charge in [-0.3, -0.25) is 4.98 Å². The number of fused-ring (bicyclic) bond motifs is 1. The van der Waals surface area contributed by atoms with Crippen molar-refractivity contribution in [1.29, 1.82) is 0 Å². The van der Waals surface area contributed by atoms with E-state index < -0.39 is 27.3 Å². The van der Waals surface area contributed by atoms with Crippen LogP contribution in [0.3, 0.4) is 0 Å². The van der Waals surface area contributed by atoms with Gasteiger partial charge in [0.1, 0.15) is 5.75 Å². The van der Waals surface area contributed by atoms with E-state index in [0.29, 0.717) is 16.5 Å². The quantitative estimate of drug-likeness (QED) is 0.160. The molecular formula is C26H21F3N2O8S. The second-order valence-electron chi connectivity index (χ2n) is 8.02. The van der Waals surface area contributed by atoms with Crippen LogP contribution in [-0.2, 0) is 14.9 Å². The molecule has 0 spiro atoms. The first-order valence-electron chi connectivity index (χ1n) is 11.2. The molecule has 0 N–H and O–H groups in total. The summed E-state index contributed by atoms with van der Waals surface area (Å²) >= 11 is 0. The highest BCUT2D eigenvalue weighted by Gasteiger charge is 2.48. The second-order valence-corrected chi connectivity index (χ2v) is 9.56. The van der Waals surface area contributed by atoms with Crippen LogP contribution in [0.2, 0.25) is 0 Å². The lowest BCUT2D eigenvalue weighted by Gasteiger charge is -2.19. The molecule has 0 bridgehead atoms. The van der Waals surface area contributed by atoms with Gasteiger partial charge in [-0.15, -0.1) is 0 Å². The summed E-state index contributed by atoms with van der Waals surface area (Å²) in [5, 5.41) is 0.444. The average molecular weight is 579 g/mol. The molecular weight excluding hydrogens is 557 g/mol. The van der Waals surface area contributed by atoms with E-state index in [-0.39, 0.29) is 39.6 Å². The van der Waals surface area contributed by atoms with Crippen LogP contribution in [0.1, 0.15) is 10.5 Å². The molecule has 0 saturated carbocycles. The van der Waals surface area contributed by atoms with Crippen LogP contribution in [0.4, 0.5) is 13.2 Å². The van der Waals surface area contributed by atoms with Crippen LogP contribution in [0.15, 0.2) is 54.9 Å². The van der Waals surface area contributed by atoms with Crippen LogP contribution in [0, 0.1) is 0 Å². The van der Waals surface area contributed by atoms with Gasteiger partial charge in [0.2, 0.25) is 5.75 Å². The largest absolute Gasteiger partial charge is 0.534 e. The predicted molar refractivity (Wildman–Crippen MR) is 137 cm³/mol. The van der Waals surface area contributed by atoms with Gasteiger partial charge in [0.25, 0.3) is 0 Å². The van der Waals surface area contributed by atoms with Gasteiger partial charge in [-0.25, -0.2) is 9.78 Å². The van der Waals surface area contributed by atoms with E-state index in [2.05, 4.69) is 14.2 Å². The first-order valence-corrected chi connectivity index (χ1v) is 12.6. The van der Waals surface area contributed by atoms with E-state index in [1.165, 1.54) is 39.8 Å². The smallest absolute Gasteiger partial charge is 0.493 e. The maximum absolute atomic E-state index is 13.0. The van der Waals surface area contributed by atoms with E-state index in [4.69, 9.17) is 18.9 Å². The van der Waals surface area contributed by atoms with Gasteiger partial charge in [-0.1, -0.05) is 0 Å². The lowest BCUT2D eigenvalue weighted by Crippen LogP contribution is -2.28. The monoisotopic (exact) mass is 578 g/mol. The van der Waals surface area contributed by atoms with Crippen molar-refractivity contribution in [3.05, 3.63) is 60.6 Å². The highest BCUT2D eigenvalue weighted by molar-refractivity contribution is 7.88. The Labute approximate surface area is 226 Å². The number of halogens is 3. The van der Waals surface area contributed by atoms with Crippen LogP contribution in [0.25, 0.3) is 33.2 Å². The fourth-order valence-corrected chi connectivity index (χ4v) is 4.45. The van der Waals surface area contributed by atoms with Gasteiger partial charge < -0.3 is 23.1 Å². The molecule has 0 saturated heterocycles. The fraction of sp³-hybridized carbons (Fsp3) is 0.192. The number of hydrogen-bond donors (Lipinski definition) is 0. The Hall–Kier alpha value is -4.59. The lowest BCUT2D eigenvalue weighted by molar-refractivity contribution is -0.0500. The zero-order valence-corrected chi connectivity index (χ0v) is 22.2. The molecule has 0 amide bonds. The van der Waals surface area contributed by atoms with E-state index in [1.807, 2.05) is 0 Å². The number of carbonyl (C=O) groups excluding carboxylic acids is 1. The predicted octanol–water partition coefficient (Wildman–Crippen LogP) is 5.00. The Kier molecular flexibility index (Phi) is 7.73. The Bertz CT molecular complexity index is 1670. The Morgan fingerprint density at radius 2 is 1.55 bits per heavy atom. The maximum Gasteiger partial charge on any atom is 0.534 e. The number of nitrogens with zero attached hydrogens (tertiary/aromatic N) is 2. The zero-order chi connectivity index (χ0) is 29.2. The first kappa shape index (κ1) is 28.4. The van der Waals surface area contributed by atoms with Crippen LogP contribution < -0.4 is 18.4 Å². The number of alkyl halides is 3. The Morgan fingerprint density at radius 3 is 2.08 bits per heavy atom. The van der Waals surface area contributed by atoms with Crippen molar-refractivity contribution < 1.29 is 49.5 Å². The number of rotatable bonds is 8. The maximum atomic E-state index is 13.0. The third-order valence-electron chi connectivity index (χ3n) is 5.73. The van der Waals surface area contributed by atoms with E-state index in [1.54, 1.807) is 24.3 Å². The highest BCUT2D eigenvalue weighted by Crippen LogP contribution is 2.45. The molecule has 0 fully saturated rings. The molecule has 0 aliphatic rings. The van der Waals surface area contributed by atoms with Gasteiger partial charge in [0.15, 0.2) is 17.2 Å². The molecule has 2 heterocycles. The molecule has 0 atom stereocenters. The third-order valence-corrected chi connectivity index (χ3v) is 6.71. The Morgan fingerprint density at radius 1 is 0.875 bits per heavy atom. The number of hydrogen-bond acceptors (Lipinski definition) is 10. The van der Waals surface area contributed by atoms with Crippen molar-refractivity contribution >= 4 is 26.9 Å². The average Bonchev–Trinajstić information content (AvgIpc) is 2.94. The number of esters is 1. The summed E-state index contributed by atoms with van der Waals surface area (Å²) in [5.41, 5.74) is -4.78. The SMILES string of the molecule is COC(=O)c1nc(-c2cccnc2)c2cc(OS(=O)(=O)C(F)(F)F)ccc2c1-c1cc(OC)c(OC)c(OC)c1. The van der Waals surface area contributed by atoms with Crippen molar-refractivity contribution in [2.75, 3.05) is 28.4 Å². The van der Waals surface area contributed by atoms with Gasteiger partial charge in [0, 0.05) is 28.9 Å². The third kappa shape index (κ3) is 5.17. The van der Waals surface area contributed by atoms with Crippen molar-refractivity contribution in [1.82, 2.24) is 9.97 Å². The molecule has 0 aliphatic carbocycles. The number of benzene rings is 2. The molecule has 0 radical (unpaired) electrons. The van der Waals surface area contributed by atoms with Gasteiger partial charge in [-0.05, 0) is 53.4 Å². The van der Waals surface area contributed by atoms with Crippen molar-refractivity contribution in [3.8, 4) is 45.4 Å². The molecule has 40 heavy (non-hydrogen) atoms. The summed E-state index contributed by atoms with van der Waals surface area (Å²) in [6.45, 7) is 0. The number of aromatic nitrogens is 2. The van der Waals surface area contributed by atoms with Crippen molar-refractivity contribution in [2.45, 2.75) is 5.51 Å². The van der Waals surface area contributed by atoms with Gasteiger partial charge >= 0.3 is 21.6 Å². The molecule has 2 aromatic heterocycles. The minimum atomic E-state index is -5.96. The van der Waals surface area contributed by atoms with Crippen LogP contribution in [-0.4, -0.2) is 58.3 Å². The van der Waals surface area contributed by atoms with E-state index in [9.17, 15) is 26.4 Å². The van der Waals surface area contributed by atoms with Gasteiger partial charge in [0.05, 0.1) is 34.1 Å². The van der Waals surface area contributed by atoms with Crippen molar-refractivity contribution in [2.24, 2.45) is 0 Å². The number of carbonyl (C=O) groups is 1. The normalized spacial score (nSPS) is 11.7. The molecule has 0 unspecified atom stereocenters. The zero-order valence-electron chi connectivity index (χ0n) is 21.4. The topological polar surface area (TPSA) is 123 Å². The number of ether oxygens (including phenoxy) is 4. The number of methoxy groups -OCH3 is 4. The fourth-order valence-electron chi connectivity index (χ4n) is 4.00. The molecule has 10 nitrogen and oxygen atoms in total. The molecule has 14 heteroatoms. The summed E-state index contributed by atoms with van der Waals surface area (Å²) in [4.78, 5) is 21.6. The minimum absolute atomic E-state index is 0.106. The van der Waals surface area contributed by atoms with E-state index in [0.717, 1.165) is 19.2 Å². The van der Waals surface area contributed by atoms with Crippen LogP contribution in [0.5, 0.6) is 23.0 Å².